The summed E-state index contributed by atoms with van der Waals surface area (Å²) >= 11 is 5.85. The molecule has 0 aliphatic rings. The number of methoxy groups -OCH3 is 1. The monoisotopic (exact) mass is 410 g/mol. The first kappa shape index (κ1) is 21.1. The van der Waals surface area contributed by atoms with E-state index >= 15 is 0 Å². The Morgan fingerprint density at radius 3 is 2.44 bits per heavy atom. The Kier molecular flexibility index (Phi) is 7.10. The molecule has 6 nitrogen and oxygen atoms in total. The van der Waals surface area contributed by atoms with Gasteiger partial charge in [0.15, 0.2) is 0 Å². The third-order valence-corrected chi connectivity index (χ3v) is 5.59. The van der Waals surface area contributed by atoms with Crippen LogP contribution in [0.3, 0.4) is 0 Å². The lowest BCUT2D eigenvalue weighted by Gasteiger charge is -2.19. The van der Waals surface area contributed by atoms with Crippen molar-refractivity contribution < 1.29 is 17.9 Å². The largest absolute Gasteiger partial charge is 0.465 e. The van der Waals surface area contributed by atoms with Crippen LogP contribution in [0, 0.1) is 0 Å². The molecule has 0 fully saturated rings. The number of nitrogens with one attached hydrogen (secondary N) is 2. The third-order valence-electron chi connectivity index (χ3n) is 3.91. The van der Waals surface area contributed by atoms with Gasteiger partial charge in [0.1, 0.15) is 4.90 Å². The summed E-state index contributed by atoms with van der Waals surface area (Å²) in [6.45, 7) is 4.03. The van der Waals surface area contributed by atoms with E-state index in [9.17, 15) is 13.2 Å². The normalized spacial score (nSPS) is 12.3. The van der Waals surface area contributed by atoms with Gasteiger partial charge in [-0.05, 0) is 55.8 Å². The van der Waals surface area contributed by atoms with Crippen molar-refractivity contribution in [2.45, 2.75) is 37.6 Å². The molecule has 2 rings (SSSR count). The first-order chi connectivity index (χ1) is 12.8. The molecule has 0 radical (unpaired) electrons. The number of esters is 1. The fraction of sp³-hybridized carbons (Fsp3) is 0.316. The van der Waals surface area contributed by atoms with Gasteiger partial charge in [-0.15, -0.1) is 0 Å². The summed E-state index contributed by atoms with van der Waals surface area (Å²) in [4.78, 5) is 11.8. The predicted molar refractivity (Wildman–Crippen MR) is 108 cm³/mol. The topological polar surface area (TPSA) is 84.5 Å². The highest BCUT2D eigenvalue weighted by atomic mass is 35.5. The molecule has 0 aliphatic carbocycles. The van der Waals surface area contributed by atoms with Crippen molar-refractivity contribution >= 4 is 39.0 Å². The number of carbonyl (C=O) groups excluding carboxylic acids is 1. The Morgan fingerprint density at radius 2 is 1.85 bits per heavy atom. The van der Waals surface area contributed by atoms with Crippen LogP contribution in [0.25, 0.3) is 0 Å². The molecule has 2 aromatic carbocycles. The summed E-state index contributed by atoms with van der Waals surface area (Å²) in [5.41, 5.74) is 0.947. The summed E-state index contributed by atoms with van der Waals surface area (Å²) in [7, 11) is -2.70. The lowest BCUT2D eigenvalue weighted by atomic mass is 10.1. The van der Waals surface area contributed by atoms with Gasteiger partial charge < -0.3 is 10.1 Å². The SMILES string of the molecule is CCCC(C)Nc1ccc(C(=O)OC)cc1S(=O)(=O)Nc1ccc(Cl)cc1. The quantitative estimate of drug-likeness (QED) is 0.624. The van der Waals surface area contributed by atoms with Crippen LogP contribution in [0.5, 0.6) is 0 Å². The van der Waals surface area contributed by atoms with Gasteiger partial charge in [-0.1, -0.05) is 24.9 Å². The van der Waals surface area contributed by atoms with Crippen LogP contribution in [-0.2, 0) is 14.8 Å². The molecule has 0 aromatic heterocycles. The highest BCUT2D eigenvalue weighted by Gasteiger charge is 2.22. The molecule has 1 atom stereocenters. The van der Waals surface area contributed by atoms with Crippen molar-refractivity contribution in [2.75, 3.05) is 17.1 Å². The maximum atomic E-state index is 13.0. The van der Waals surface area contributed by atoms with Crippen LogP contribution >= 0.6 is 11.6 Å². The third kappa shape index (κ3) is 5.61. The van der Waals surface area contributed by atoms with Gasteiger partial charge in [-0.2, -0.15) is 0 Å². The molecule has 0 heterocycles. The van der Waals surface area contributed by atoms with Crippen LogP contribution in [0.1, 0.15) is 37.0 Å². The lowest BCUT2D eigenvalue weighted by Crippen LogP contribution is -2.20. The van der Waals surface area contributed by atoms with Crippen LogP contribution in [0.2, 0.25) is 5.02 Å². The van der Waals surface area contributed by atoms with Gasteiger partial charge in [-0.3, -0.25) is 4.72 Å². The molecule has 146 valence electrons. The van der Waals surface area contributed by atoms with E-state index in [4.69, 9.17) is 16.3 Å². The fourth-order valence-electron chi connectivity index (χ4n) is 2.61. The van der Waals surface area contributed by atoms with E-state index in [1.165, 1.54) is 19.2 Å². The maximum Gasteiger partial charge on any atom is 0.337 e. The van der Waals surface area contributed by atoms with E-state index in [-0.39, 0.29) is 16.5 Å². The van der Waals surface area contributed by atoms with Gasteiger partial charge >= 0.3 is 5.97 Å². The number of hydrogen-bond acceptors (Lipinski definition) is 5. The molecule has 0 saturated carbocycles. The number of sulfonamides is 1. The molecule has 0 amide bonds. The number of anilines is 2. The Hall–Kier alpha value is -2.25. The van der Waals surface area contributed by atoms with Gasteiger partial charge in [-0.25, -0.2) is 13.2 Å². The zero-order chi connectivity index (χ0) is 20.0. The highest BCUT2D eigenvalue weighted by molar-refractivity contribution is 7.92. The molecule has 0 spiro atoms. The summed E-state index contributed by atoms with van der Waals surface area (Å²) in [6, 6.07) is 10.8. The fourth-order valence-corrected chi connectivity index (χ4v) is 3.99. The molecule has 0 aliphatic heterocycles. The second-order valence-corrected chi connectivity index (χ2v) is 8.24. The number of rotatable bonds is 8. The zero-order valence-electron chi connectivity index (χ0n) is 15.5. The Balaban J connectivity index is 2.45. The van der Waals surface area contributed by atoms with Gasteiger partial charge in [0, 0.05) is 16.8 Å². The van der Waals surface area contributed by atoms with Crippen molar-refractivity contribution in [1.82, 2.24) is 0 Å². The van der Waals surface area contributed by atoms with E-state index in [1.54, 1.807) is 30.3 Å². The summed E-state index contributed by atoms with van der Waals surface area (Å²) in [5.74, 6) is -0.605. The van der Waals surface area contributed by atoms with E-state index in [0.717, 1.165) is 12.8 Å². The van der Waals surface area contributed by atoms with E-state index in [0.29, 0.717) is 16.4 Å². The first-order valence-electron chi connectivity index (χ1n) is 8.54. The van der Waals surface area contributed by atoms with E-state index < -0.39 is 16.0 Å². The number of halogens is 1. The number of carbonyl (C=O) groups is 1. The second kappa shape index (κ2) is 9.10. The van der Waals surface area contributed by atoms with Crippen LogP contribution in [0.15, 0.2) is 47.4 Å². The first-order valence-corrected chi connectivity index (χ1v) is 10.4. The predicted octanol–water partition coefficient (Wildman–Crippen LogP) is 4.53. The molecule has 27 heavy (non-hydrogen) atoms. The van der Waals surface area contributed by atoms with Crippen molar-refractivity contribution in [2.24, 2.45) is 0 Å². The average Bonchev–Trinajstić information content (AvgIpc) is 2.63. The average molecular weight is 411 g/mol. The standard InChI is InChI=1S/C19H23ClN2O4S/c1-4-5-13(2)21-17-11-6-14(19(23)26-3)12-18(17)27(24,25)22-16-9-7-15(20)8-10-16/h6-13,21-22H,4-5H2,1-3H3. The van der Waals surface area contributed by atoms with Gasteiger partial charge in [0.2, 0.25) is 0 Å². The smallest absolute Gasteiger partial charge is 0.337 e. The Labute approximate surface area is 164 Å². The summed E-state index contributed by atoms with van der Waals surface area (Å²) < 4.78 is 33.2. The highest BCUT2D eigenvalue weighted by Crippen LogP contribution is 2.27. The molecule has 0 bridgehead atoms. The Bertz CT molecular complexity index is 898. The molecule has 2 aromatic rings. The molecule has 2 N–H and O–H groups in total. The number of ether oxygens (including phenoxy) is 1. The number of hydrogen-bond donors (Lipinski definition) is 2. The number of benzene rings is 2. The minimum atomic E-state index is -3.94. The van der Waals surface area contributed by atoms with Crippen LogP contribution < -0.4 is 10.0 Å². The lowest BCUT2D eigenvalue weighted by molar-refractivity contribution is 0.0600. The second-order valence-electron chi connectivity index (χ2n) is 6.15. The maximum absolute atomic E-state index is 13.0. The minimum Gasteiger partial charge on any atom is -0.465 e. The Morgan fingerprint density at radius 1 is 1.19 bits per heavy atom. The van der Waals surface area contributed by atoms with Crippen LogP contribution in [-0.4, -0.2) is 27.5 Å². The zero-order valence-corrected chi connectivity index (χ0v) is 17.0. The van der Waals surface area contributed by atoms with Crippen molar-refractivity contribution in [3.8, 4) is 0 Å². The molecular weight excluding hydrogens is 388 g/mol. The van der Waals surface area contributed by atoms with Crippen LogP contribution in [0.4, 0.5) is 11.4 Å². The molecule has 8 heteroatoms. The summed E-state index contributed by atoms with van der Waals surface area (Å²) in [6.07, 6.45) is 1.84. The summed E-state index contributed by atoms with van der Waals surface area (Å²) in [5, 5.41) is 3.71. The van der Waals surface area contributed by atoms with E-state index in [2.05, 4.69) is 17.0 Å². The van der Waals surface area contributed by atoms with Gasteiger partial charge in [0.05, 0.1) is 18.4 Å². The van der Waals surface area contributed by atoms with E-state index in [1.807, 2.05) is 6.92 Å². The van der Waals surface area contributed by atoms with Crippen molar-refractivity contribution in [3.05, 3.63) is 53.1 Å². The minimum absolute atomic E-state index is 0.0247. The molecular formula is C19H23ClN2O4S. The van der Waals surface area contributed by atoms with Crippen molar-refractivity contribution in [3.63, 3.8) is 0 Å². The van der Waals surface area contributed by atoms with Gasteiger partial charge in [0.25, 0.3) is 10.0 Å². The molecule has 0 saturated heterocycles. The molecule has 1 unspecified atom stereocenters. The van der Waals surface area contributed by atoms with Crippen molar-refractivity contribution in [1.29, 1.82) is 0 Å².